The van der Waals surface area contributed by atoms with Crippen LogP contribution in [0.5, 0.6) is 5.75 Å². The van der Waals surface area contributed by atoms with Gasteiger partial charge in [-0.25, -0.2) is 0 Å². The van der Waals surface area contributed by atoms with Crippen molar-refractivity contribution in [3.63, 3.8) is 0 Å². The van der Waals surface area contributed by atoms with E-state index in [0.29, 0.717) is 19.1 Å². The van der Waals surface area contributed by atoms with Crippen molar-refractivity contribution in [1.29, 1.82) is 0 Å². The molecule has 0 aromatic heterocycles. The van der Waals surface area contributed by atoms with Crippen LogP contribution in [-0.4, -0.2) is 25.1 Å². The number of hydrogen-bond donors (Lipinski definition) is 2. The molecule has 5 heteroatoms. The third-order valence-corrected chi connectivity index (χ3v) is 3.10. The zero-order chi connectivity index (χ0) is 14.3. The van der Waals surface area contributed by atoms with Crippen LogP contribution < -0.4 is 15.4 Å². The number of nitrogens with one attached hydrogen (secondary N) is 2. The topological polar surface area (TPSA) is 50.4 Å². The molecular formula is C14H21BrN2O2. The Balaban J connectivity index is 2.71. The van der Waals surface area contributed by atoms with Gasteiger partial charge in [-0.2, -0.15) is 0 Å². The van der Waals surface area contributed by atoms with E-state index in [-0.39, 0.29) is 12.5 Å². The van der Waals surface area contributed by atoms with Crippen LogP contribution >= 0.6 is 15.9 Å². The molecule has 1 amide bonds. The van der Waals surface area contributed by atoms with Crippen LogP contribution in [0, 0.1) is 0 Å². The molecule has 0 saturated carbocycles. The predicted octanol–water partition coefficient (Wildman–Crippen LogP) is 2.46. The average Bonchev–Trinajstić information content (AvgIpc) is 2.35. The van der Waals surface area contributed by atoms with E-state index in [4.69, 9.17) is 4.74 Å². The molecule has 0 aliphatic carbocycles. The minimum atomic E-state index is -0.110. The third kappa shape index (κ3) is 5.61. The first kappa shape index (κ1) is 16.0. The SMILES string of the molecule is CCNC(=O)COc1c(Br)cccc1CNC(C)C. The van der Waals surface area contributed by atoms with Crippen molar-refractivity contribution in [2.45, 2.75) is 33.4 Å². The fourth-order valence-electron chi connectivity index (χ4n) is 1.55. The second kappa shape index (κ2) is 8.17. The summed E-state index contributed by atoms with van der Waals surface area (Å²) in [6.45, 7) is 7.42. The Morgan fingerprint density at radius 1 is 1.42 bits per heavy atom. The van der Waals surface area contributed by atoms with E-state index in [9.17, 15) is 4.79 Å². The first-order chi connectivity index (χ1) is 9.04. The Morgan fingerprint density at radius 2 is 2.16 bits per heavy atom. The van der Waals surface area contributed by atoms with Gasteiger partial charge in [0.1, 0.15) is 5.75 Å². The summed E-state index contributed by atoms with van der Waals surface area (Å²) in [5.41, 5.74) is 1.03. The normalized spacial score (nSPS) is 10.6. The zero-order valence-electron chi connectivity index (χ0n) is 11.6. The van der Waals surface area contributed by atoms with Gasteiger partial charge in [-0.1, -0.05) is 26.0 Å². The van der Waals surface area contributed by atoms with Crippen LogP contribution in [0.4, 0.5) is 0 Å². The summed E-state index contributed by atoms with van der Waals surface area (Å²) in [5.74, 6) is 0.614. The summed E-state index contributed by atoms with van der Waals surface area (Å²) < 4.78 is 6.48. The van der Waals surface area contributed by atoms with Crippen molar-refractivity contribution < 1.29 is 9.53 Å². The number of amides is 1. The van der Waals surface area contributed by atoms with E-state index in [0.717, 1.165) is 15.8 Å². The summed E-state index contributed by atoms with van der Waals surface area (Å²) in [4.78, 5) is 11.4. The van der Waals surface area contributed by atoms with Crippen molar-refractivity contribution in [3.8, 4) is 5.75 Å². The first-order valence-corrected chi connectivity index (χ1v) is 7.24. The maximum absolute atomic E-state index is 11.4. The second-order valence-corrected chi connectivity index (χ2v) is 5.36. The molecule has 4 nitrogen and oxygen atoms in total. The lowest BCUT2D eigenvalue weighted by molar-refractivity contribution is -0.123. The van der Waals surface area contributed by atoms with Crippen molar-refractivity contribution >= 4 is 21.8 Å². The van der Waals surface area contributed by atoms with Crippen LogP contribution in [0.2, 0.25) is 0 Å². The minimum absolute atomic E-state index is 0.0329. The molecule has 0 spiro atoms. The summed E-state index contributed by atoms with van der Waals surface area (Å²) in [6.07, 6.45) is 0. The molecule has 0 saturated heterocycles. The van der Waals surface area contributed by atoms with Crippen LogP contribution in [0.15, 0.2) is 22.7 Å². The monoisotopic (exact) mass is 328 g/mol. The van der Waals surface area contributed by atoms with Gasteiger partial charge in [-0.15, -0.1) is 0 Å². The average molecular weight is 329 g/mol. The van der Waals surface area contributed by atoms with Gasteiger partial charge in [0.2, 0.25) is 0 Å². The van der Waals surface area contributed by atoms with E-state index >= 15 is 0 Å². The smallest absolute Gasteiger partial charge is 0.257 e. The molecule has 1 aromatic rings. The lowest BCUT2D eigenvalue weighted by Gasteiger charge is -2.15. The Morgan fingerprint density at radius 3 is 2.79 bits per heavy atom. The van der Waals surface area contributed by atoms with Crippen molar-refractivity contribution in [2.75, 3.05) is 13.2 Å². The maximum Gasteiger partial charge on any atom is 0.257 e. The fourth-order valence-corrected chi connectivity index (χ4v) is 2.08. The molecule has 0 unspecified atom stereocenters. The van der Waals surface area contributed by atoms with Gasteiger partial charge in [-0.3, -0.25) is 4.79 Å². The lowest BCUT2D eigenvalue weighted by atomic mass is 10.2. The van der Waals surface area contributed by atoms with Crippen LogP contribution in [-0.2, 0) is 11.3 Å². The quantitative estimate of drug-likeness (QED) is 0.808. The van der Waals surface area contributed by atoms with Crippen LogP contribution in [0.3, 0.4) is 0 Å². The summed E-state index contributed by atoms with van der Waals surface area (Å²) in [6, 6.07) is 6.26. The van der Waals surface area contributed by atoms with E-state index in [1.54, 1.807) is 0 Å². The largest absolute Gasteiger partial charge is 0.482 e. The van der Waals surface area contributed by atoms with Crippen molar-refractivity contribution in [3.05, 3.63) is 28.2 Å². The number of carbonyl (C=O) groups is 1. The van der Waals surface area contributed by atoms with E-state index in [2.05, 4.69) is 40.4 Å². The Labute approximate surface area is 123 Å². The lowest BCUT2D eigenvalue weighted by Crippen LogP contribution is -2.29. The summed E-state index contributed by atoms with van der Waals surface area (Å²) in [7, 11) is 0. The first-order valence-electron chi connectivity index (χ1n) is 6.44. The number of para-hydroxylation sites is 1. The van der Waals surface area contributed by atoms with Gasteiger partial charge < -0.3 is 15.4 Å². The third-order valence-electron chi connectivity index (χ3n) is 2.47. The van der Waals surface area contributed by atoms with Gasteiger partial charge in [0.15, 0.2) is 6.61 Å². The predicted molar refractivity (Wildman–Crippen MR) is 80.3 cm³/mol. The van der Waals surface area contributed by atoms with Gasteiger partial charge in [0, 0.05) is 24.7 Å². The molecule has 0 bridgehead atoms. The highest BCUT2D eigenvalue weighted by molar-refractivity contribution is 9.10. The van der Waals surface area contributed by atoms with Crippen LogP contribution in [0.25, 0.3) is 0 Å². The van der Waals surface area contributed by atoms with Crippen molar-refractivity contribution in [2.24, 2.45) is 0 Å². The molecule has 106 valence electrons. The van der Waals surface area contributed by atoms with Gasteiger partial charge in [-0.05, 0) is 28.9 Å². The van der Waals surface area contributed by atoms with E-state index in [1.165, 1.54) is 0 Å². The van der Waals surface area contributed by atoms with E-state index in [1.807, 2.05) is 25.1 Å². The number of likely N-dealkylation sites (N-methyl/N-ethyl adjacent to an activating group) is 1. The Kier molecular flexibility index (Phi) is 6.87. The highest BCUT2D eigenvalue weighted by Gasteiger charge is 2.10. The number of carbonyl (C=O) groups excluding carboxylic acids is 1. The highest BCUT2D eigenvalue weighted by atomic mass is 79.9. The standard InChI is InChI=1S/C14H21BrN2O2/c1-4-16-13(18)9-19-14-11(8-17-10(2)3)6-5-7-12(14)15/h5-7,10,17H,4,8-9H2,1-3H3,(H,16,18). The number of hydrogen-bond acceptors (Lipinski definition) is 3. The number of rotatable bonds is 7. The zero-order valence-corrected chi connectivity index (χ0v) is 13.2. The van der Waals surface area contributed by atoms with Gasteiger partial charge >= 0.3 is 0 Å². The molecular weight excluding hydrogens is 308 g/mol. The Hall–Kier alpha value is -1.07. The van der Waals surface area contributed by atoms with Crippen molar-refractivity contribution in [1.82, 2.24) is 10.6 Å². The molecule has 2 N–H and O–H groups in total. The number of benzene rings is 1. The molecule has 1 aromatic carbocycles. The van der Waals surface area contributed by atoms with Gasteiger partial charge in [0.05, 0.1) is 4.47 Å². The minimum Gasteiger partial charge on any atom is -0.482 e. The van der Waals surface area contributed by atoms with E-state index < -0.39 is 0 Å². The molecule has 0 aliphatic heterocycles. The molecule has 0 radical (unpaired) electrons. The van der Waals surface area contributed by atoms with Crippen LogP contribution in [0.1, 0.15) is 26.3 Å². The maximum atomic E-state index is 11.4. The molecule has 0 fully saturated rings. The second-order valence-electron chi connectivity index (χ2n) is 4.51. The summed E-state index contributed by atoms with van der Waals surface area (Å²) >= 11 is 3.46. The number of ether oxygens (including phenoxy) is 1. The molecule has 0 aliphatic rings. The molecule has 19 heavy (non-hydrogen) atoms. The fraction of sp³-hybridized carbons (Fsp3) is 0.500. The van der Waals surface area contributed by atoms with Gasteiger partial charge in [0.25, 0.3) is 5.91 Å². The highest BCUT2D eigenvalue weighted by Crippen LogP contribution is 2.29. The Bertz CT molecular complexity index is 422. The summed E-state index contributed by atoms with van der Waals surface area (Å²) in [5, 5.41) is 6.05. The molecule has 1 rings (SSSR count). The molecule has 0 heterocycles. The molecule has 0 atom stereocenters. The number of halogens is 1.